The summed E-state index contributed by atoms with van der Waals surface area (Å²) in [6, 6.07) is 14.3. The molecule has 2 aromatic rings. The SMILES string of the molecule is Cc1ccc(C(=O)N(Cc2ccc(OS(C)(=O)=O)cc2)C[C@H]2CCCO2)cc1. The Labute approximate surface area is 166 Å². The van der Waals surface area contributed by atoms with Gasteiger partial charge in [-0.25, -0.2) is 0 Å². The Kier molecular flexibility index (Phi) is 6.36. The Morgan fingerprint density at radius 2 is 1.82 bits per heavy atom. The molecule has 0 N–H and O–H groups in total. The second-order valence-electron chi connectivity index (χ2n) is 7.12. The average molecular weight is 404 g/mol. The normalized spacial score (nSPS) is 16.7. The third-order valence-corrected chi connectivity index (χ3v) is 5.07. The van der Waals surface area contributed by atoms with Crippen LogP contribution in [0.25, 0.3) is 0 Å². The summed E-state index contributed by atoms with van der Waals surface area (Å²) in [5, 5.41) is 0. The lowest BCUT2D eigenvalue weighted by Crippen LogP contribution is -2.37. The molecule has 1 atom stereocenters. The summed E-state index contributed by atoms with van der Waals surface area (Å²) in [7, 11) is -3.56. The first-order valence-corrected chi connectivity index (χ1v) is 11.1. The van der Waals surface area contributed by atoms with E-state index in [-0.39, 0.29) is 17.8 Å². The van der Waals surface area contributed by atoms with E-state index in [1.807, 2.05) is 31.2 Å². The van der Waals surface area contributed by atoms with Crippen molar-refractivity contribution in [3.63, 3.8) is 0 Å². The highest BCUT2D eigenvalue weighted by atomic mass is 32.2. The summed E-state index contributed by atoms with van der Waals surface area (Å²) in [6.45, 7) is 3.65. The fraction of sp³-hybridized carbons (Fsp3) is 0.381. The molecule has 0 bridgehead atoms. The molecule has 0 saturated carbocycles. The lowest BCUT2D eigenvalue weighted by Gasteiger charge is -2.26. The number of carbonyl (C=O) groups is 1. The van der Waals surface area contributed by atoms with E-state index in [1.165, 1.54) is 0 Å². The van der Waals surface area contributed by atoms with Crippen LogP contribution in [0.4, 0.5) is 0 Å². The van der Waals surface area contributed by atoms with Crippen LogP contribution in [0, 0.1) is 6.92 Å². The van der Waals surface area contributed by atoms with Gasteiger partial charge in [0.25, 0.3) is 5.91 Å². The van der Waals surface area contributed by atoms with Crippen molar-refractivity contribution in [2.24, 2.45) is 0 Å². The summed E-state index contributed by atoms with van der Waals surface area (Å²) >= 11 is 0. The molecule has 150 valence electrons. The second-order valence-corrected chi connectivity index (χ2v) is 8.69. The molecule has 6 nitrogen and oxygen atoms in total. The van der Waals surface area contributed by atoms with E-state index >= 15 is 0 Å². The van der Waals surface area contributed by atoms with Gasteiger partial charge in [-0.2, -0.15) is 8.42 Å². The Hall–Kier alpha value is -2.38. The van der Waals surface area contributed by atoms with E-state index in [1.54, 1.807) is 29.2 Å². The third-order valence-electron chi connectivity index (χ3n) is 4.58. The Morgan fingerprint density at radius 1 is 1.14 bits per heavy atom. The summed E-state index contributed by atoms with van der Waals surface area (Å²) in [5.41, 5.74) is 2.63. The third kappa shape index (κ3) is 5.81. The van der Waals surface area contributed by atoms with Crippen LogP contribution in [-0.4, -0.2) is 44.7 Å². The highest BCUT2D eigenvalue weighted by Crippen LogP contribution is 2.20. The number of aryl methyl sites for hydroxylation is 1. The molecule has 0 spiro atoms. The fourth-order valence-electron chi connectivity index (χ4n) is 3.18. The van der Waals surface area contributed by atoms with Crippen LogP contribution in [-0.2, 0) is 21.4 Å². The van der Waals surface area contributed by atoms with E-state index in [9.17, 15) is 13.2 Å². The zero-order valence-electron chi connectivity index (χ0n) is 16.1. The molecule has 1 aliphatic rings. The number of carbonyl (C=O) groups excluding carboxylic acids is 1. The number of hydrogen-bond donors (Lipinski definition) is 0. The predicted molar refractivity (Wildman–Crippen MR) is 107 cm³/mol. The summed E-state index contributed by atoms with van der Waals surface area (Å²) in [4.78, 5) is 14.9. The molecule has 7 heteroatoms. The molecule has 2 aromatic carbocycles. The van der Waals surface area contributed by atoms with Gasteiger partial charge in [-0.05, 0) is 49.6 Å². The molecule has 0 aliphatic carbocycles. The highest BCUT2D eigenvalue weighted by molar-refractivity contribution is 7.86. The van der Waals surface area contributed by atoms with Crippen molar-refractivity contribution < 1.29 is 22.1 Å². The van der Waals surface area contributed by atoms with E-state index in [4.69, 9.17) is 8.92 Å². The van der Waals surface area contributed by atoms with Gasteiger partial charge in [0.1, 0.15) is 5.75 Å². The molecule has 1 heterocycles. The van der Waals surface area contributed by atoms with Crippen molar-refractivity contribution in [2.75, 3.05) is 19.4 Å². The van der Waals surface area contributed by atoms with Gasteiger partial charge in [-0.3, -0.25) is 4.79 Å². The van der Waals surface area contributed by atoms with Crippen molar-refractivity contribution in [3.8, 4) is 5.75 Å². The summed E-state index contributed by atoms with van der Waals surface area (Å²) < 4.78 is 33.1. The zero-order valence-corrected chi connectivity index (χ0v) is 16.9. The second kappa shape index (κ2) is 8.75. The first-order chi connectivity index (χ1) is 13.3. The molecule has 1 amide bonds. The van der Waals surface area contributed by atoms with Crippen molar-refractivity contribution in [2.45, 2.75) is 32.4 Å². The van der Waals surface area contributed by atoms with Crippen molar-refractivity contribution in [1.82, 2.24) is 4.90 Å². The minimum Gasteiger partial charge on any atom is -0.383 e. The van der Waals surface area contributed by atoms with Gasteiger partial charge in [0.2, 0.25) is 0 Å². The standard InChI is InChI=1S/C21H25NO5S/c1-16-5-9-18(10-6-16)21(23)22(15-20-4-3-13-26-20)14-17-7-11-19(12-8-17)27-28(2,24)25/h5-12,20H,3-4,13-15H2,1-2H3/t20-/m1/s1. The maximum absolute atomic E-state index is 13.1. The minimum absolute atomic E-state index is 0.0437. The van der Waals surface area contributed by atoms with Gasteiger partial charge >= 0.3 is 10.1 Å². The van der Waals surface area contributed by atoms with Gasteiger partial charge in [0.05, 0.1) is 12.4 Å². The van der Waals surface area contributed by atoms with Gasteiger partial charge in [0.15, 0.2) is 0 Å². The highest BCUT2D eigenvalue weighted by Gasteiger charge is 2.23. The minimum atomic E-state index is -3.56. The lowest BCUT2D eigenvalue weighted by atomic mass is 10.1. The van der Waals surface area contributed by atoms with Crippen LogP contribution >= 0.6 is 0 Å². The van der Waals surface area contributed by atoms with Gasteiger partial charge in [0, 0.05) is 25.3 Å². The molecule has 1 fully saturated rings. The van der Waals surface area contributed by atoms with Crippen LogP contribution < -0.4 is 4.18 Å². The Balaban J connectivity index is 1.76. The van der Waals surface area contributed by atoms with E-state index in [0.717, 1.165) is 36.8 Å². The molecular formula is C21H25NO5S. The van der Waals surface area contributed by atoms with Gasteiger partial charge in [-0.1, -0.05) is 29.8 Å². The topological polar surface area (TPSA) is 72.9 Å². The van der Waals surface area contributed by atoms with E-state index in [0.29, 0.717) is 18.7 Å². The summed E-state index contributed by atoms with van der Waals surface area (Å²) in [5.74, 6) is 0.203. The maximum Gasteiger partial charge on any atom is 0.306 e. The first kappa shape index (κ1) is 20.4. The predicted octanol–water partition coefficient (Wildman–Crippen LogP) is 3.15. The largest absolute Gasteiger partial charge is 0.383 e. The van der Waals surface area contributed by atoms with Crippen LogP contribution in [0.15, 0.2) is 48.5 Å². The number of ether oxygens (including phenoxy) is 1. The molecule has 0 aromatic heterocycles. The van der Waals surface area contributed by atoms with Crippen LogP contribution in [0.1, 0.15) is 34.3 Å². The Morgan fingerprint density at radius 3 is 2.39 bits per heavy atom. The molecule has 1 aliphatic heterocycles. The average Bonchev–Trinajstić information content (AvgIpc) is 3.15. The molecule has 1 saturated heterocycles. The van der Waals surface area contributed by atoms with Crippen molar-refractivity contribution in [1.29, 1.82) is 0 Å². The van der Waals surface area contributed by atoms with Crippen molar-refractivity contribution >= 4 is 16.0 Å². The van der Waals surface area contributed by atoms with E-state index < -0.39 is 10.1 Å². The molecule has 28 heavy (non-hydrogen) atoms. The number of hydrogen-bond acceptors (Lipinski definition) is 5. The van der Waals surface area contributed by atoms with Crippen molar-refractivity contribution in [3.05, 3.63) is 65.2 Å². The monoisotopic (exact) mass is 403 g/mol. The Bertz CT molecular complexity index is 901. The molecular weight excluding hydrogens is 378 g/mol. The van der Waals surface area contributed by atoms with Crippen LogP contribution in [0.3, 0.4) is 0 Å². The van der Waals surface area contributed by atoms with Gasteiger partial charge < -0.3 is 13.8 Å². The smallest absolute Gasteiger partial charge is 0.306 e. The quantitative estimate of drug-likeness (QED) is 0.664. The summed E-state index contributed by atoms with van der Waals surface area (Å²) in [6.07, 6.45) is 3.00. The lowest BCUT2D eigenvalue weighted by molar-refractivity contribution is 0.0507. The van der Waals surface area contributed by atoms with Crippen LogP contribution in [0.5, 0.6) is 5.75 Å². The number of rotatable bonds is 7. The van der Waals surface area contributed by atoms with Gasteiger partial charge in [-0.15, -0.1) is 0 Å². The fourth-order valence-corrected chi connectivity index (χ4v) is 3.64. The number of nitrogens with zero attached hydrogens (tertiary/aromatic N) is 1. The maximum atomic E-state index is 13.1. The molecule has 3 rings (SSSR count). The number of amides is 1. The number of benzene rings is 2. The molecule has 0 unspecified atom stereocenters. The van der Waals surface area contributed by atoms with E-state index in [2.05, 4.69) is 0 Å². The molecule has 0 radical (unpaired) electrons. The zero-order chi connectivity index (χ0) is 20.1. The van der Waals surface area contributed by atoms with Crippen LogP contribution in [0.2, 0.25) is 0 Å². The first-order valence-electron chi connectivity index (χ1n) is 9.26.